The fraction of sp³-hybridized carbons (Fsp3) is 0.355. The maximum absolute atomic E-state index is 13.6. The minimum Gasteiger partial charge on any atom is -0.444 e. The number of carbonyl (C=O) groups excluding carboxylic acids is 3. The van der Waals surface area contributed by atoms with Crippen molar-refractivity contribution in [2.75, 3.05) is 36.6 Å². The number of anilines is 3. The van der Waals surface area contributed by atoms with E-state index in [0.717, 1.165) is 18.5 Å². The summed E-state index contributed by atoms with van der Waals surface area (Å²) in [5, 5.41) is 11.1. The zero-order valence-corrected chi connectivity index (χ0v) is 24.9. The van der Waals surface area contributed by atoms with E-state index in [1.54, 1.807) is 76.4 Å². The summed E-state index contributed by atoms with van der Waals surface area (Å²) in [4.78, 5) is 44.5. The predicted molar refractivity (Wildman–Crippen MR) is 162 cm³/mol. The minimum atomic E-state index is -0.673. The first kappa shape index (κ1) is 32.0. The lowest BCUT2D eigenvalue weighted by molar-refractivity contribution is 0.0635. The van der Waals surface area contributed by atoms with Gasteiger partial charge in [0.1, 0.15) is 17.1 Å². The van der Waals surface area contributed by atoms with E-state index in [1.165, 1.54) is 12.1 Å². The Morgan fingerprint density at radius 2 is 1.67 bits per heavy atom. The highest BCUT2D eigenvalue weighted by Crippen LogP contribution is 2.24. The van der Waals surface area contributed by atoms with Gasteiger partial charge in [-0.1, -0.05) is 18.2 Å². The molecular weight excluding hydrogens is 539 g/mol. The summed E-state index contributed by atoms with van der Waals surface area (Å²) in [5.74, 6) is -0.818. The number of amides is 4. The molecule has 0 aliphatic rings. The molecule has 0 spiro atoms. The van der Waals surface area contributed by atoms with Gasteiger partial charge in [0.05, 0.1) is 17.4 Å². The Labute approximate surface area is 246 Å². The van der Waals surface area contributed by atoms with E-state index in [2.05, 4.69) is 31.2 Å². The molecule has 42 heavy (non-hydrogen) atoms. The predicted octanol–water partition coefficient (Wildman–Crippen LogP) is 6.33. The van der Waals surface area contributed by atoms with Gasteiger partial charge in [-0.3, -0.25) is 15.1 Å². The lowest BCUT2D eigenvalue weighted by Gasteiger charge is -2.21. The molecule has 0 fully saturated rings. The average molecular weight is 579 g/mol. The number of halogens is 1. The van der Waals surface area contributed by atoms with E-state index < -0.39 is 23.6 Å². The van der Waals surface area contributed by atoms with E-state index in [9.17, 15) is 18.8 Å². The molecule has 1 unspecified atom stereocenters. The Morgan fingerprint density at radius 1 is 0.976 bits per heavy atom. The summed E-state index contributed by atoms with van der Waals surface area (Å²) in [5.41, 5.74) is 1.88. The van der Waals surface area contributed by atoms with Gasteiger partial charge < -0.3 is 25.6 Å². The molecule has 0 saturated heterocycles. The molecule has 2 aromatic carbocycles. The van der Waals surface area contributed by atoms with Crippen molar-refractivity contribution in [3.63, 3.8) is 0 Å². The molecule has 1 aromatic heterocycles. The van der Waals surface area contributed by atoms with Gasteiger partial charge in [0, 0.05) is 11.9 Å². The first-order valence-electron chi connectivity index (χ1n) is 13.7. The summed E-state index contributed by atoms with van der Waals surface area (Å²) < 4.78 is 18.9. The zero-order valence-electron chi connectivity index (χ0n) is 24.9. The van der Waals surface area contributed by atoms with E-state index in [-0.39, 0.29) is 17.6 Å². The van der Waals surface area contributed by atoms with E-state index in [4.69, 9.17) is 4.74 Å². The van der Waals surface area contributed by atoms with Crippen LogP contribution in [0.2, 0.25) is 0 Å². The second-order valence-electron chi connectivity index (χ2n) is 11.2. The van der Waals surface area contributed by atoms with Crippen LogP contribution in [0.25, 0.3) is 0 Å². The number of nitrogens with zero attached hydrogens (tertiary/aromatic N) is 2. The third-order valence-electron chi connectivity index (χ3n) is 6.05. The molecule has 4 N–H and O–H groups in total. The smallest absolute Gasteiger partial charge is 0.412 e. The van der Waals surface area contributed by atoms with E-state index >= 15 is 0 Å². The van der Waals surface area contributed by atoms with Crippen LogP contribution in [-0.4, -0.2) is 54.2 Å². The standard InChI is InChI=1S/C31H39FN6O4/c1-20-18-22(14-15-23(20)32)34-29(40)36-24(12-9-17-38(5)6)21-13-16-27(33-19-21)28(39)35-25-10-7-8-11-26(25)37-30(41)42-31(2,3)4/h7-8,10-11,13-16,18-19,24H,9,12,17H2,1-6H3,(H,35,39)(H,37,41)(H2,34,36,40). The third-order valence-corrected chi connectivity index (χ3v) is 6.05. The van der Waals surface area contributed by atoms with Crippen LogP contribution in [0.1, 0.15) is 61.3 Å². The van der Waals surface area contributed by atoms with Gasteiger partial charge in [0.2, 0.25) is 0 Å². The quantitative estimate of drug-likeness (QED) is 0.223. The number of aryl methyl sites for hydroxylation is 1. The highest BCUT2D eigenvalue weighted by molar-refractivity contribution is 6.05. The van der Waals surface area contributed by atoms with E-state index in [0.29, 0.717) is 29.0 Å². The Balaban J connectivity index is 1.70. The fourth-order valence-electron chi connectivity index (χ4n) is 4.03. The van der Waals surface area contributed by atoms with Gasteiger partial charge in [0.25, 0.3) is 5.91 Å². The van der Waals surface area contributed by atoms with Crippen LogP contribution in [-0.2, 0) is 4.74 Å². The monoisotopic (exact) mass is 578 g/mol. The molecule has 11 heteroatoms. The topological polar surface area (TPSA) is 125 Å². The van der Waals surface area contributed by atoms with E-state index in [1.807, 2.05) is 14.1 Å². The first-order valence-corrected chi connectivity index (χ1v) is 13.7. The molecule has 10 nitrogen and oxygen atoms in total. The van der Waals surface area contributed by atoms with Crippen LogP contribution < -0.4 is 21.3 Å². The van der Waals surface area contributed by atoms with Crippen LogP contribution in [0.5, 0.6) is 0 Å². The Hall–Kier alpha value is -4.51. The maximum Gasteiger partial charge on any atom is 0.412 e. The van der Waals surface area contributed by atoms with Crippen LogP contribution in [0.4, 0.5) is 31.0 Å². The first-order chi connectivity index (χ1) is 19.8. The minimum absolute atomic E-state index is 0.157. The summed E-state index contributed by atoms with van der Waals surface area (Å²) >= 11 is 0. The molecule has 0 aliphatic carbocycles. The van der Waals surface area contributed by atoms with Gasteiger partial charge in [-0.15, -0.1) is 0 Å². The van der Waals surface area contributed by atoms with Crippen molar-refractivity contribution in [2.45, 2.75) is 52.2 Å². The molecule has 0 bridgehead atoms. The molecule has 3 aromatic rings. The molecule has 1 heterocycles. The van der Waals surface area contributed by atoms with Gasteiger partial charge in [-0.25, -0.2) is 14.0 Å². The third kappa shape index (κ3) is 10.2. The lowest BCUT2D eigenvalue weighted by Crippen LogP contribution is -2.33. The van der Waals surface area contributed by atoms with Gasteiger partial charge in [0.15, 0.2) is 0 Å². The number of hydrogen-bond acceptors (Lipinski definition) is 6. The van der Waals surface area contributed by atoms with Crippen molar-refractivity contribution in [2.24, 2.45) is 0 Å². The molecular formula is C31H39FN6O4. The Kier molecular flexibility index (Phi) is 11.0. The van der Waals surface area contributed by atoms with Gasteiger partial charge in [-0.2, -0.15) is 0 Å². The number of benzene rings is 2. The number of aromatic nitrogens is 1. The summed E-state index contributed by atoms with van der Waals surface area (Å²) in [7, 11) is 3.95. The number of rotatable bonds is 10. The van der Waals surface area contributed by atoms with Crippen LogP contribution >= 0.6 is 0 Å². The molecule has 3 rings (SSSR count). The van der Waals surface area contributed by atoms with Crippen LogP contribution in [0.3, 0.4) is 0 Å². The number of nitrogens with one attached hydrogen (secondary N) is 4. The summed E-state index contributed by atoms with van der Waals surface area (Å²) in [6, 6.07) is 13.6. The van der Waals surface area contributed by atoms with Gasteiger partial charge in [-0.05, 0) is 109 Å². The number of hydrogen-bond donors (Lipinski definition) is 4. The molecule has 0 saturated carbocycles. The highest BCUT2D eigenvalue weighted by Gasteiger charge is 2.19. The molecule has 4 amide bonds. The zero-order chi connectivity index (χ0) is 30.9. The largest absolute Gasteiger partial charge is 0.444 e. The fourth-order valence-corrected chi connectivity index (χ4v) is 4.03. The molecule has 0 radical (unpaired) electrons. The SMILES string of the molecule is Cc1cc(NC(=O)NC(CCCN(C)C)c2ccc(C(=O)Nc3ccccc3NC(=O)OC(C)(C)C)nc2)ccc1F. The number of urea groups is 1. The second kappa shape index (κ2) is 14.4. The number of carbonyl (C=O) groups is 3. The molecule has 224 valence electrons. The number of ether oxygens (including phenoxy) is 1. The Bertz CT molecular complexity index is 1390. The summed E-state index contributed by atoms with van der Waals surface area (Å²) in [6.45, 7) is 7.73. The normalized spacial score (nSPS) is 11.9. The number of para-hydroxylation sites is 2. The Morgan fingerprint density at radius 3 is 2.26 bits per heavy atom. The van der Waals surface area contributed by atoms with Crippen LogP contribution in [0, 0.1) is 12.7 Å². The maximum atomic E-state index is 13.6. The lowest BCUT2D eigenvalue weighted by atomic mass is 10.0. The molecule has 1 atom stereocenters. The summed E-state index contributed by atoms with van der Waals surface area (Å²) in [6.07, 6.45) is 2.35. The van der Waals surface area contributed by atoms with Crippen molar-refractivity contribution < 1.29 is 23.5 Å². The van der Waals surface area contributed by atoms with Gasteiger partial charge >= 0.3 is 12.1 Å². The van der Waals surface area contributed by atoms with Crippen molar-refractivity contribution >= 4 is 35.1 Å². The van der Waals surface area contributed by atoms with Crippen LogP contribution in [0.15, 0.2) is 60.8 Å². The van der Waals surface area contributed by atoms with Crippen molar-refractivity contribution in [1.82, 2.24) is 15.2 Å². The van der Waals surface area contributed by atoms with Crippen molar-refractivity contribution in [1.29, 1.82) is 0 Å². The van der Waals surface area contributed by atoms with Crippen molar-refractivity contribution in [3.8, 4) is 0 Å². The molecule has 0 aliphatic heterocycles. The average Bonchev–Trinajstić information content (AvgIpc) is 2.90. The highest BCUT2D eigenvalue weighted by atomic mass is 19.1. The second-order valence-corrected chi connectivity index (χ2v) is 11.2. The number of pyridine rings is 1. The van der Waals surface area contributed by atoms with Crippen molar-refractivity contribution in [3.05, 3.63) is 83.4 Å².